The van der Waals surface area contributed by atoms with Gasteiger partial charge in [0, 0.05) is 12.6 Å². The van der Waals surface area contributed by atoms with Crippen LogP contribution in [0, 0.1) is 13.8 Å². The second kappa shape index (κ2) is 12.4. The molecule has 0 spiro atoms. The summed E-state index contributed by atoms with van der Waals surface area (Å²) in [5.74, 6) is -0.585. The summed E-state index contributed by atoms with van der Waals surface area (Å²) in [5.41, 5.74) is 3.40. The van der Waals surface area contributed by atoms with Crippen molar-refractivity contribution in [3.8, 4) is 0 Å². The van der Waals surface area contributed by atoms with Crippen LogP contribution in [0.2, 0.25) is 0 Å². The van der Waals surface area contributed by atoms with Crippen LogP contribution in [0.25, 0.3) is 0 Å². The van der Waals surface area contributed by atoms with Crippen LogP contribution in [0.1, 0.15) is 62.1 Å². The SMILES string of the molecule is CC[C@@H](C(=O)NC1CCCCC1)N(Cc1ccc(C)cc1)C(=O)CN(c1ccc(C)cc1)S(C)(=O)=O. The van der Waals surface area contributed by atoms with Crippen molar-refractivity contribution in [1.29, 1.82) is 0 Å². The molecular formula is C28H39N3O4S. The predicted octanol–water partition coefficient (Wildman–Crippen LogP) is 4.33. The predicted molar refractivity (Wildman–Crippen MR) is 144 cm³/mol. The Morgan fingerprint density at radius 1 is 0.944 bits per heavy atom. The van der Waals surface area contributed by atoms with E-state index in [1.165, 1.54) is 11.3 Å². The van der Waals surface area contributed by atoms with E-state index in [4.69, 9.17) is 0 Å². The van der Waals surface area contributed by atoms with Gasteiger partial charge < -0.3 is 10.2 Å². The van der Waals surface area contributed by atoms with Gasteiger partial charge in [0.1, 0.15) is 12.6 Å². The maximum absolute atomic E-state index is 13.7. The van der Waals surface area contributed by atoms with E-state index in [9.17, 15) is 18.0 Å². The summed E-state index contributed by atoms with van der Waals surface area (Å²) >= 11 is 0. The van der Waals surface area contributed by atoms with Crippen molar-refractivity contribution in [2.45, 2.75) is 77.9 Å². The maximum atomic E-state index is 13.7. The van der Waals surface area contributed by atoms with Crippen LogP contribution >= 0.6 is 0 Å². The molecule has 1 atom stereocenters. The number of benzene rings is 2. The monoisotopic (exact) mass is 513 g/mol. The van der Waals surface area contributed by atoms with Gasteiger partial charge in [-0.25, -0.2) is 8.42 Å². The Balaban J connectivity index is 1.89. The third kappa shape index (κ3) is 7.56. The number of nitrogens with one attached hydrogen (secondary N) is 1. The van der Waals surface area contributed by atoms with E-state index in [2.05, 4.69) is 5.32 Å². The molecule has 1 N–H and O–H groups in total. The second-order valence-electron chi connectivity index (χ2n) is 9.88. The normalized spacial score (nSPS) is 15.2. The van der Waals surface area contributed by atoms with Crippen molar-refractivity contribution in [3.05, 3.63) is 65.2 Å². The summed E-state index contributed by atoms with van der Waals surface area (Å²) in [4.78, 5) is 28.7. The third-order valence-corrected chi connectivity index (χ3v) is 7.95. The van der Waals surface area contributed by atoms with Crippen LogP contribution in [0.4, 0.5) is 5.69 Å². The molecule has 0 unspecified atom stereocenters. The number of aryl methyl sites for hydroxylation is 2. The molecule has 36 heavy (non-hydrogen) atoms. The highest BCUT2D eigenvalue weighted by molar-refractivity contribution is 7.92. The van der Waals surface area contributed by atoms with Crippen LogP contribution in [0.15, 0.2) is 48.5 Å². The lowest BCUT2D eigenvalue weighted by Crippen LogP contribution is -2.53. The molecule has 0 saturated heterocycles. The van der Waals surface area contributed by atoms with E-state index >= 15 is 0 Å². The quantitative estimate of drug-likeness (QED) is 0.512. The largest absolute Gasteiger partial charge is 0.352 e. The van der Waals surface area contributed by atoms with Gasteiger partial charge in [0.2, 0.25) is 21.8 Å². The van der Waals surface area contributed by atoms with Crippen molar-refractivity contribution >= 4 is 27.5 Å². The summed E-state index contributed by atoms with van der Waals surface area (Å²) in [6.07, 6.45) is 6.78. The van der Waals surface area contributed by atoms with Gasteiger partial charge in [0.15, 0.2) is 0 Å². The fraction of sp³-hybridized carbons (Fsp3) is 0.500. The molecule has 1 aliphatic carbocycles. The maximum Gasteiger partial charge on any atom is 0.244 e. The summed E-state index contributed by atoms with van der Waals surface area (Å²) < 4.78 is 26.5. The third-order valence-electron chi connectivity index (χ3n) is 6.81. The Morgan fingerprint density at radius 2 is 1.50 bits per heavy atom. The minimum atomic E-state index is -3.73. The number of carbonyl (C=O) groups excluding carboxylic acids is 2. The van der Waals surface area contributed by atoms with Gasteiger partial charge in [0.25, 0.3) is 0 Å². The Labute approximate surface area is 215 Å². The molecule has 3 rings (SSSR count). The van der Waals surface area contributed by atoms with Gasteiger partial charge in [-0.1, -0.05) is 73.7 Å². The molecule has 196 valence electrons. The molecule has 2 aromatic carbocycles. The molecule has 1 aliphatic rings. The fourth-order valence-electron chi connectivity index (χ4n) is 4.68. The number of hydrogen-bond donors (Lipinski definition) is 1. The number of carbonyl (C=O) groups is 2. The van der Waals surface area contributed by atoms with Crippen molar-refractivity contribution in [2.24, 2.45) is 0 Å². The van der Waals surface area contributed by atoms with Gasteiger partial charge in [-0.3, -0.25) is 13.9 Å². The van der Waals surface area contributed by atoms with Crippen molar-refractivity contribution < 1.29 is 18.0 Å². The minimum absolute atomic E-state index is 0.122. The van der Waals surface area contributed by atoms with Gasteiger partial charge >= 0.3 is 0 Å². The first kappa shape index (κ1) is 27.7. The van der Waals surface area contributed by atoms with Gasteiger partial charge in [-0.15, -0.1) is 0 Å². The van der Waals surface area contributed by atoms with E-state index in [0.29, 0.717) is 12.1 Å². The smallest absolute Gasteiger partial charge is 0.244 e. The zero-order valence-electron chi connectivity index (χ0n) is 21.9. The molecule has 0 bridgehead atoms. The summed E-state index contributed by atoms with van der Waals surface area (Å²) in [6, 6.07) is 14.3. The first-order valence-electron chi connectivity index (χ1n) is 12.8. The number of nitrogens with zero attached hydrogens (tertiary/aromatic N) is 2. The molecule has 2 amide bonds. The van der Waals surface area contributed by atoms with E-state index in [1.54, 1.807) is 12.1 Å². The van der Waals surface area contributed by atoms with Crippen LogP contribution in [0.5, 0.6) is 0 Å². The Hall–Kier alpha value is -2.87. The highest BCUT2D eigenvalue weighted by Gasteiger charge is 2.32. The summed E-state index contributed by atoms with van der Waals surface area (Å²) in [6.45, 7) is 5.64. The molecule has 0 radical (unpaired) electrons. The van der Waals surface area contributed by atoms with Crippen LogP contribution in [0.3, 0.4) is 0 Å². The molecule has 1 saturated carbocycles. The number of amides is 2. The topological polar surface area (TPSA) is 86.8 Å². The average molecular weight is 514 g/mol. The molecule has 0 aliphatic heterocycles. The lowest BCUT2D eigenvalue weighted by molar-refractivity contribution is -0.140. The standard InChI is InChI=1S/C28H39N3O4S/c1-5-26(28(33)29-24-9-7-6-8-10-24)30(19-23-15-11-21(2)12-16-23)27(32)20-31(36(4,34)35)25-17-13-22(3)14-18-25/h11-18,24,26H,5-10,19-20H2,1-4H3,(H,29,33)/t26-/m0/s1. The Bertz CT molecular complexity index is 1120. The number of rotatable bonds is 10. The van der Waals surface area contributed by atoms with Gasteiger partial charge in [-0.05, 0) is 50.8 Å². The zero-order chi connectivity index (χ0) is 26.3. The second-order valence-corrected chi connectivity index (χ2v) is 11.8. The summed E-state index contributed by atoms with van der Waals surface area (Å²) in [5, 5.41) is 3.16. The van der Waals surface area contributed by atoms with Crippen molar-refractivity contribution in [2.75, 3.05) is 17.1 Å². The van der Waals surface area contributed by atoms with Crippen LogP contribution in [-0.4, -0.2) is 50.0 Å². The number of hydrogen-bond acceptors (Lipinski definition) is 4. The van der Waals surface area contributed by atoms with E-state index in [0.717, 1.165) is 52.9 Å². The molecule has 1 fully saturated rings. The molecule has 0 aromatic heterocycles. The first-order chi connectivity index (χ1) is 17.1. The van der Waals surface area contributed by atoms with Crippen molar-refractivity contribution in [3.63, 3.8) is 0 Å². The van der Waals surface area contributed by atoms with Gasteiger partial charge in [0.05, 0.1) is 11.9 Å². The minimum Gasteiger partial charge on any atom is -0.352 e. The first-order valence-corrected chi connectivity index (χ1v) is 14.6. The van der Waals surface area contributed by atoms with E-state index < -0.39 is 22.0 Å². The number of anilines is 1. The van der Waals surface area contributed by atoms with Crippen LogP contribution in [-0.2, 0) is 26.2 Å². The van der Waals surface area contributed by atoms with Crippen molar-refractivity contribution in [1.82, 2.24) is 10.2 Å². The van der Waals surface area contributed by atoms with E-state index in [-0.39, 0.29) is 25.0 Å². The van der Waals surface area contributed by atoms with Gasteiger partial charge in [-0.2, -0.15) is 0 Å². The Kier molecular flexibility index (Phi) is 9.54. The summed E-state index contributed by atoms with van der Waals surface area (Å²) in [7, 11) is -3.73. The molecule has 0 heterocycles. The molecule has 8 heteroatoms. The molecule has 2 aromatic rings. The van der Waals surface area contributed by atoms with Crippen LogP contribution < -0.4 is 9.62 Å². The fourth-order valence-corrected chi connectivity index (χ4v) is 5.53. The lowest BCUT2D eigenvalue weighted by atomic mass is 9.95. The van der Waals surface area contributed by atoms with E-state index in [1.807, 2.05) is 57.2 Å². The average Bonchev–Trinajstić information content (AvgIpc) is 2.84. The zero-order valence-corrected chi connectivity index (χ0v) is 22.7. The number of sulfonamides is 1. The lowest BCUT2D eigenvalue weighted by Gasteiger charge is -2.34. The molecule has 7 nitrogen and oxygen atoms in total. The highest BCUT2D eigenvalue weighted by Crippen LogP contribution is 2.22. The highest BCUT2D eigenvalue weighted by atomic mass is 32.2. The Morgan fingerprint density at radius 3 is 2.03 bits per heavy atom. The molecular weight excluding hydrogens is 474 g/mol.